The number of aryl methyl sites for hydroxylation is 1. The van der Waals surface area contributed by atoms with Gasteiger partial charge in [0.25, 0.3) is 0 Å². The quantitative estimate of drug-likeness (QED) is 0.775. The predicted octanol–water partition coefficient (Wildman–Crippen LogP) is 4.23. The third kappa shape index (κ3) is 2.50. The molecule has 0 saturated heterocycles. The third-order valence-corrected chi connectivity index (χ3v) is 4.26. The first-order valence-corrected chi connectivity index (χ1v) is 7.25. The molecule has 19 heavy (non-hydrogen) atoms. The Morgan fingerprint density at radius 2 is 1.89 bits per heavy atom. The van der Waals surface area contributed by atoms with Crippen LogP contribution < -0.4 is 9.47 Å². The fourth-order valence-corrected chi connectivity index (χ4v) is 2.93. The van der Waals surface area contributed by atoms with E-state index in [0.717, 1.165) is 34.8 Å². The van der Waals surface area contributed by atoms with Gasteiger partial charge in [-0.3, -0.25) is 0 Å². The molecule has 0 fully saturated rings. The summed E-state index contributed by atoms with van der Waals surface area (Å²) in [7, 11) is 0. The Morgan fingerprint density at radius 3 is 2.63 bits per heavy atom. The minimum Gasteiger partial charge on any atom is -0.490 e. The van der Waals surface area contributed by atoms with Crippen LogP contribution in [0.1, 0.15) is 28.1 Å². The number of hydrogen-bond acceptors (Lipinski definition) is 3. The lowest BCUT2D eigenvalue weighted by Crippen LogP contribution is -1.97. The van der Waals surface area contributed by atoms with Crippen molar-refractivity contribution in [3.8, 4) is 11.5 Å². The van der Waals surface area contributed by atoms with E-state index in [1.807, 2.05) is 25.1 Å². The molecule has 0 aliphatic carbocycles. The molecule has 1 unspecified atom stereocenters. The summed E-state index contributed by atoms with van der Waals surface area (Å²) in [5.74, 6) is 2.57. The predicted molar refractivity (Wildman–Crippen MR) is 76.3 cm³/mol. The van der Waals surface area contributed by atoms with Gasteiger partial charge < -0.3 is 13.9 Å². The summed E-state index contributed by atoms with van der Waals surface area (Å²) in [5.41, 5.74) is 2.27. The van der Waals surface area contributed by atoms with Crippen molar-refractivity contribution in [1.82, 2.24) is 0 Å². The molecule has 1 atom stereocenters. The number of fused-ring (bicyclic) bond motifs is 1. The van der Waals surface area contributed by atoms with Crippen LogP contribution in [-0.4, -0.2) is 13.2 Å². The topological polar surface area (TPSA) is 31.6 Å². The molecule has 0 amide bonds. The largest absolute Gasteiger partial charge is 0.490 e. The molecule has 0 radical (unpaired) electrons. The molecule has 3 rings (SSSR count). The zero-order valence-corrected chi connectivity index (χ0v) is 12.3. The van der Waals surface area contributed by atoms with Crippen LogP contribution in [0.15, 0.2) is 34.9 Å². The van der Waals surface area contributed by atoms with E-state index in [1.54, 1.807) is 6.26 Å². The zero-order chi connectivity index (χ0) is 13.2. The maximum atomic E-state index is 5.72. The molecular weight excluding hydrogens is 308 g/mol. The monoisotopic (exact) mass is 322 g/mol. The summed E-state index contributed by atoms with van der Waals surface area (Å²) in [6, 6.07) is 8.04. The third-order valence-electron chi connectivity index (χ3n) is 3.24. The first kappa shape index (κ1) is 12.6. The molecule has 0 spiro atoms. The smallest absolute Gasteiger partial charge is 0.161 e. The molecule has 1 aromatic heterocycles. The molecular formula is C15H15BrO3. The SMILES string of the molecule is Cc1occc1C(Br)c1ccc2c(c1)OCCCO2. The van der Waals surface area contributed by atoms with Crippen molar-refractivity contribution in [3.05, 3.63) is 47.4 Å². The van der Waals surface area contributed by atoms with Gasteiger partial charge in [-0.25, -0.2) is 0 Å². The standard InChI is InChI=1S/C15H15BrO3/c1-10-12(5-8-17-10)15(16)11-3-4-13-14(9-11)19-7-2-6-18-13/h3-5,8-9,15H,2,6-7H2,1H3. The Balaban J connectivity index is 1.93. The highest BCUT2D eigenvalue weighted by molar-refractivity contribution is 9.09. The van der Waals surface area contributed by atoms with Crippen LogP contribution in [-0.2, 0) is 0 Å². The second-order valence-electron chi connectivity index (χ2n) is 4.55. The lowest BCUT2D eigenvalue weighted by molar-refractivity contribution is 0.297. The van der Waals surface area contributed by atoms with E-state index in [2.05, 4.69) is 22.0 Å². The Kier molecular flexibility index (Phi) is 3.51. The van der Waals surface area contributed by atoms with Crippen LogP contribution in [0.2, 0.25) is 0 Å². The first-order chi connectivity index (χ1) is 9.25. The van der Waals surface area contributed by atoms with Gasteiger partial charge in [0.15, 0.2) is 11.5 Å². The molecule has 0 saturated carbocycles. The first-order valence-electron chi connectivity index (χ1n) is 6.33. The van der Waals surface area contributed by atoms with Crippen LogP contribution in [0.25, 0.3) is 0 Å². The van der Waals surface area contributed by atoms with E-state index in [-0.39, 0.29) is 4.83 Å². The van der Waals surface area contributed by atoms with E-state index in [9.17, 15) is 0 Å². The molecule has 1 aliphatic heterocycles. The number of benzene rings is 1. The van der Waals surface area contributed by atoms with Crippen LogP contribution in [0.4, 0.5) is 0 Å². The lowest BCUT2D eigenvalue weighted by atomic mass is 10.1. The molecule has 3 nitrogen and oxygen atoms in total. The van der Waals surface area contributed by atoms with E-state index in [0.29, 0.717) is 13.2 Å². The normalized spacial score (nSPS) is 15.9. The summed E-state index contributed by atoms with van der Waals surface area (Å²) in [4.78, 5) is 0.100. The van der Waals surface area contributed by atoms with Crippen molar-refractivity contribution < 1.29 is 13.9 Å². The van der Waals surface area contributed by atoms with Gasteiger partial charge in [0.2, 0.25) is 0 Å². The van der Waals surface area contributed by atoms with Gasteiger partial charge in [-0.15, -0.1) is 0 Å². The summed E-state index contributed by atoms with van der Waals surface area (Å²) in [6.45, 7) is 3.38. The van der Waals surface area contributed by atoms with Gasteiger partial charge >= 0.3 is 0 Å². The molecule has 2 heterocycles. The number of hydrogen-bond donors (Lipinski definition) is 0. The number of ether oxygens (including phenoxy) is 2. The van der Waals surface area contributed by atoms with E-state index in [4.69, 9.17) is 13.9 Å². The van der Waals surface area contributed by atoms with Gasteiger partial charge in [0.05, 0.1) is 24.3 Å². The van der Waals surface area contributed by atoms with Gasteiger partial charge in [-0.1, -0.05) is 22.0 Å². The molecule has 0 bridgehead atoms. The van der Waals surface area contributed by atoms with Crippen molar-refractivity contribution in [1.29, 1.82) is 0 Å². The Hall–Kier alpha value is -1.42. The number of rotatable bonds is 2. The highest BCUT2D eigenvalue weighted by Crippen LogP contribution is 2.38. The number of furan rings is 1. The molecule has 4 heteroatoms. The van der Waals surface area contributed by atoms with E-state index >= 15 is 0 Å². The van der Waals surface area contributed by atoms with Gasteiger partial charge in [0, 0.05) is 12.0 Å². The highest BCUT2D eigenvalue weighted by Gasteiger charge is 2.18. The maximum absolute atomic E-state index is 5.72. The average molecular weight is 323 g/mol. The molecule has 1 aliphatic rings. The highest BCUT2D eigenvalue weighted by atomic mass is 79.9. The van der Waals surface area contributed by atoms with Gasteiger partial charge in [-0.2, -0.15) is 0 Å². The van der Waals surface area contributed by atoms with Crippen molar-refractivity contribution >= 4 is 15.9 Å². The second-order valence-corrected chi connectivity index (χ2v) is 5.47. The van der Waals surface area contributed by atoms with Crippen molar-refractivity contribution in [3.63, 3.8) is 0 Å². The average Bonchev–Trinajstić information content (AvgIpc) is 2.72. The Morgan fingerprint density at radius 1 is 1.11 bits per heavy atom. The van der Waals surface area contributed by atoms with Crippen molar-refractivity contribution in [2.45, 2.75) is 18.2 Å². The summed E-state index contributed by atoms with van der Waals surface area (Å²) in [6.07, 6.45) is 2.63. The second kappa shape index (κ2) is 5.29. The van der Waals surface area contributed by atoms with Crippen molar-refractivity contribution in [2.75, 3.05) is 13.2 Å². The van der Waals surface area contributed by atoms with E-state index < -0.39 is 0 Å². The summed E-state index contributed by atoms with van der Waals surface area (Å²) in [5, 5.41) is 0. The lowest BCUT2D eigenvalue weighted by Gasteiger charge is -2.13. The van der Waals surface area contributed by atoms with Gasteiger partial charge in [0.1, 0.15) is 5.76 Å². The maximum Gasteiger partial charge on any atom is 0.161 e. The Labute approximate surface area is 120 Å². The van der Waals surface area contributed by atoms with Crippen LogP contribution in [0.3, 0.4) is 0 Å². The van der Waals surface area contributed by atoms with Crippen molar-refractivity contribution in [2.24, 2.45) is 0 Å². The fourth-order valence-electron chi connectivity index (χ4n) is 2.17. The van der Waals surface area contributed by atoms with E-state index in [1.165, 1.54) is 0 Å². The number of halogens is 1. The van der Waals surface area contributed by atoms with Crippen LogP contribution in [0, 0.1) is 6.92 Å². The summed E-state index contributed by atoms with van der Waals surface area (Å²) < 4.78 is 16.7. The minimum absolute atomic E-state index is 0.100. The van der Waals surface area contributed by atoms with Crippen LogP contribution >= 0.6 is 15.9 Å². The zero-order valence-electron chi connectivity index (χ0n) is 10.7. The minimum atomic E-state index is 0.100. The van der Waals surface area contributed by atoms with Crippen LogP contribution in [0.5, 0.6) is 11.5 Å². The molecule has 100 valence electrons. The summed E-state index contributed by atoms with van der Waals surface area (Å²) >= 11 is 3.72. The van der Waals surface area contributed by atoms with Gasteiger partial charge in [-0.05, 0) is 30.7 Å². The number of alkyl halides is 1. The molecule has 2 aromatic rings. The Bertz CT molecular complexity index is 577. The fraction of sp³-hybridized carbons (Fsp3) is 0.333. The molecule has 0 N–H and O–H groups in total. The molecule has 1 aromatic carbocycles.